The van der Waals surface area contributed by atoms with Gasteiger partial charge in [0.2, 0.25) is 0 Å². The summed E-state index contributed by atoms with van der Waals surface area (Å²) in [7, 11) is 0. The van der Waals surface area contributed by atoms with Crippen LogP contribution in [-0.4, -0.2) is 31.0 Å². The first-order chi connectivity index (χ1) is 12.7. The van der Waals surface area contributed by atoms with Crippen LogP contribution in [0.5, 0.6) is 0 Å². The minimum Gasteiger partial charge on any atom is -0.332 e. The van der Waals surface area contributed by atoms with Crippen molar-refractivity contribution in [3.05, 3.63) is 59.6 Å². The first-order valence-electron chi connectivity index (χ1n) is 7.91. The highest BCUT2D eigenvalue weighted by Gasteiger charge is 2.07. The zero-order chi connectivity index (χ0) is 17.9. The van der Waals surface area contributed by atoms with E-state index in [1.165, 1.54) is 0 Å². The number of anilines is 1. The lowest BCUT2D eigenvalue weighted by atomic mass is 10.3. The molecule has 3 aromatic heterocycles. The molecule has 4 aromatic rings. The molecule has 0 saturated carbocycles. The Hall–Kier alpha value is -3.33. The molecule has 0 aliphatic carbocycles. The van der Waals surface area contributed by atoms with Gasteiger partial charge in [-0.05, 0) is 37.3 Å². The molecule has 0 unspecified atom stereocenters. The highest BCUT2D eigenvalue weighted by molar-refractivity contribution is 7.18. The maximum Gasteiger partial charge on any atom is 0.319 e. The standard InChI is InChI=1S/C17H15N7OS/c1-11-20-15-8-12(2-3-16(15)26-11)21-17(25)19-9-13-10-24(23-22-13)14-4-6-18-7-5-14/h2-8,10H,9H2,1H3,(H2,19,21,25). The highest BCUT2D eigenvalue weighted by Crippen LogP contribution is 2.24. The fraction of sp³-hybridized carbons (Fsp3) is 0.118. The number of pyridine rings is 1. The summed E-state index contributed by atoms with van der Waals surface area (Å²) in [5.41, 5.74) is 3.09. The minimum atomic E-state index is -0.310. The normalized spacial score (nSPS) is 10.8. The van der Waals surface area contributed by atoms with E-state index in [4.69, 9.17) is 0 Å². The molecule has 130 valence electrons. The number of urea groups is 1. The lowest BCUT2D eigenvalue weighted by molar-refractivity contribution is 0.251. The molecule has 8 nitrogen and oxygen atoms in total. The number of carbonyl (C=O) groups is 1. The maximum absolute atomic E-state index is 12.1. The van der Waals surface area contributed by atoms with Crippen molar-refractivity contribution in [1.82, 2.24) is 30.3 Å². The van der Waals surface area contributed by atoms with E-state index >= 15 is 0 Å². The molecule has 0 spiro atoms. The average molecular weight is 365 g/mol. The zero-order valence-electron chi connectivity index (χ0n) is 13.9. The SMILES string of the molecule is Cc1nc2cc(NC(=O)NCc3cn(-c4ccncc4)nn3)ccc2s1. The summed E-state index contributed by atoms with van der Waals surface area (Å²) in [5, 5.41) is 14.7. The molecular formula is C17H15N7OS. The van der Waals surface area contributed by atoms with Crippen molar-refractivity contribution >= 4 is 33.3 Å². The summed E-state index contributed by atoms with van der Waals surface area (Å²) in [6, 6.07) is 9.02. The van der Waals surface area contributed by atoms with Crippen molar-refractivity contribution in [3.8, 4) is 5.69 Å². The number of hydrogen-bond acceptors (Lipinski definition) is 6. The highest BCUT2D eigenvalue weighted by atomic mass is 32.1. The summed E-state index contributed by atoms with van der Waals surface area (Å²) < 4.78 is 2.73. The number of amides is 2. The second-order valence-corrected chi connectivity index (χ2v) is 6.82. The number of aromatic nitrogens is 5. The van der Waals surface area contributed by atoms with Gasteiger partial charge in [-0.2, -0.15) is 0 Å². The fourth-order valence-corrected chi connectivity index (χ4v) is 3.28. The van der Waals surface area contributed by atoms with Gasteiger partial charge < -0.3 is 10.6 Å². The van der Waals surface area contributed by atoms with Crippen LogP contribution >= 0.6 is 11.3 Å². The lowest BCUT2D eigenvalue weighted by Crippen LogP contribution is -2.28. The summed E-state index contributed by atoms with van der Waals surface area (Å²) in [5.74, 6) is 0. The number of benzene rings is 1. The van der Waals surface area contributed by atoms with Gasteiger partial charge in [-0.1, -0.05) is 5.21 Å². The molecular weight excluding hydrogens is 350 g/mol. The molecule has 9 heteroatoms. The van der Waals surface area contributed by atoms with Crippen molar-refractivity contribution in [1.29, 1.82) is 0 Å². The Morgan fingerprint density at radius 1 is 1.23 bits per heavy atom. The molecule has 0 aliphatic rings. The Balaban J connectivity index is 1.37. The van der Waals surface area contributed by atoms with Crippen molar-refractivity contribution in [2.75, 3.05) is 5.32 Å². The summed E-state index contributed by atoms with van der Waals surface area (Å²) in [6.45, 7) is 2.23. The number of fused-ring (bicyclic) bond motifs is 1. The van der Waals surface area contributed by atoms with Crippen molar-refractivity contribution in [2.45, 2.75) is 13.5 Å². The number of nitrogens with one attached hydrogen (secondary N) is 2. The van der Waals surface area contributed by atoms with Crippen LogP contribution in [0.4, 0.5) is 10.5 Å². The van der Waals surface area contributed by atoms with E-state index in [0.717, 1.165) is 20.9 Å². The molecule has 2 amide bonds. The average Bonchev–Trinajstić information content (AvgIpc) is 3.26. The van der Waals surface area contributed by atoms with Crippen LogP contribution in [0.2, 0.25) is 0 Å². The summed E-state index contributed by atoms with van der Waals surface area (Å²) >= 11 is 1.63. The zero-order valence-corrected chi connectivity index (χ0v) is 14.7. The van der Waals surface area contributed by atoms with Gasteiger partial charge >= 0.3 is 6.03 Å². The molecule has 0 atom stereocenters. The topological polar surface area (TPSA) is 97.6 Å². The van der Waals surface area contributed by atoms with Crippen molar-refractivity contribution in [2.24, 2.45) is 0 Å². The van der Waals surface area contributed by atoms with Gasteiger partial charge in [0.25, 0.3) is 0 Å². The minimum absolute atomic E-state index is 0.273. The molecule has 0 bridgehead atoms. The number of thiazole rings is 1. The van der Waals surface area contributed by atoms with Gasteiger partial charge in [0.1, 0.15) is 5.69 Å². The monoisotopic (exact) mass is 365 g/mol. The molecule has 1 aromatic carbocycles. The van der Waals surface area contributed by atoms with E-state index in [2.05, 4.69) is 30.9 Å². The van der Waals surface area contributed by atoms with Crippen LogP contribution in [0.3, 0.4) is 0 Å². The molecule has 0 saturated heterocycles. The largest absolute Gasteiger partial charge is 0.332 e. The molecule has 0 radical (unpaired) electrons. The van der Waals surface area contributed by atoms with E-state index in [9.17, 15) is 4.79 Å². The fourth-order valence-electron chi connectivity index (χ4n) is 2.47. The molecule has 0 fully saturated rings. The Morgan fingerprint density at radius 2 is 2.08 bits per heavy atom. The second kappa shape index (κ2) is 6.89. The third-order valence-electron chi connectivity index (χ3n) is 3.65. The van der Waals surface area contributed by atoms with E-state index in [0.29, 0.717) is 11.4 Å². The predicted octanol–water partition coefficient (Wildman–Crippen LogP) is 2.90. The second-order valence-electron chi connectivity index (χ2n) is 5.58. The van der Waals surface area contributed by atoms with Crippen LogP contribution in [0.1, 0.15) is 10.7 Å². The smallest absolute Gasteiger partial charge is 0.319 e. The van der Waals surface area contributed by atoms with Gasteiger partial charge in [0.15, 0.2) is 0 Å². The van der Waals surface area contributed by atoms with E-state index in [1.54, 1.807) is 34.6 Å². The number of hydrogen-bond donors (Lipinski definition) is 2. The molecule has 0 aliphatic heterocycles. The summed E-state index contributed by atoms with van der Waals surface area (Å²) in [6.07, 6.45) is 5.13. The van der Waals surface area contributed by atoms with E-state index in [1.807, 2.05) is 37.3 Å². The van der Waals surface area contributed by atoms with Crippen LogP contribution in [0, 0.1) is 6.92 Å². The van der Waals surface area contributed by atoms with E-state index in [-0.39, 0.29) is 12.6 Å². The Morgan fingerprint density at radius 3 is 2.92 bits per heavy atom. The molecule has 3 heterocycles. The quantitative estimate of drug-likeness (QED) is 0.579. The Bertz CT molecular complexity index is 1060. The Kier molecular flexibility index (Phi) is 4.28. The van der Waals surface area contributed by atoms with Gasteiger partial charge in [-0.15, -0.1) is 16.4 Å². The van der Waals surface area contributed by atoms with Crippen LogP contribution in [0.15, 0.2) is 48.9 Å². The number of aryl methyl sites for hydroxylation is 1. The third kappa shape index (κ3) is 3.52. The molecule has 26 heavy (non-hydrogen) atoms. The lowest BCUT2D eigenvalue weighted by Gasteiger charge is -2.06. The van der Waals surface area contributed by atoms with Gasteiger partial charge in [-0.25, -0.2) is 14.5 Å². The van der Waals surface area contributed by atoms with Crippen molar-refractivity contribution < 1.29 is 4.79 Å². The number of rotatable bonds is 4. The van der Waals surface area contributed by atoms with Gasteiger partial charge in [-0.3, -0.25) is 4.98 Å². The molecule has 2 N–H and O–H groups in total. The van der Waals surface area contributed by atoms with Gasteiger partial charge in [0, 0.05) is 18.1 Å². The maximum atomic E-state index is 12.1. The van der Waals surface area contributed by atoms with Crippen LogP contribution < -0.4 is 10.6 Å². The van der Waals surface area contributed by atoms with Crippen molar-refractivity contribution in [3.63, 3.8) is 0 Å². The number of nitrogens with zero attached hydrogens (tertiary/aromatic N) is 5. The van der Waals surface area contributed by atoms with Crippen LogP contribution in [-0.2, 0) is 6.54 Å². The Labute approximate surface area is 152 Å². The summed E-state index contributed by atoms with van der Waals surface area (Å²) in [4.78, 5) is 20.5. The third-order valence-corrected chi connectivity index (χ3v) is 4.60. The number of carbonyl (C=O) groups excluding carboxylic acids is 1. The predicted molar refractivity (Wildman–Crippen MR) is 99.4 cm³/mol. The molecule has 4 rings (SSSR count). The van der Waals surface area contributed by atoms with E-state index < -0.39 is 0 Å². The first-order valence-corrected chi connectivity index (χ1v) is 8.73. The first kappa shape index (κ1) is 16.2. The van der Waals surface area contributed by atoms with Gasteiger partial charge in [0.05, 0.1) is 33.7 Å². The van der Waals surface area contributed by atoms with Crippen LogP contribution in [0.25, 0.3) is 15.9 Å².